The maximum absolute atomic E-state index is 10.7. The fourth-order valence-electron chi connectivity index (χ4n) is 0.503. The number of rotatable bonds is 2. The van der Waals surface area contributed by atoms with Crippen molar-refractivity contribution in [3.8, 4) is 0 Å². The fraction of sp³-hybridized carbons (Fsp3) is 0.167. The van der Waals surface area contributed by atoms with Crippen LogP contribution >= 0.6 is 11.5 Å². The average Bonchev–Trinajstić information content (AvgIpc) is 2.18. The Balaban J connectivity index is 2.93. The third kappa shape index (κ3) is 1.29. The van der Waals surface area contributed by atoms with E-state index in [1.165, 1.54) is 11.5 Å². The molecule has 0 fully saturated rings. The van der Waals surface area contributed by atoms with Gasteiger partial charge in [-0.3, -0.25) is 8.75 Å². The Bertz CT molecular complexity index is 248. The number of hydrogen-bond donors (Lipinski definition) is 0. The summed E-state index contributed by atoms with van der Waals surface area (Å²) in [6.07, 6.45) is 1.69. The highest BCUT2D eigenvalue weighted by atomic mass is 32.1. The van der Waals surface area contributed by atoms with Crippen molar-refractivity contribution in [1.29, 1.82) is 0 Å². The van der Waals surface area contributed by atoms with Crippen molar-refractivity contribution in [3.63, 3.8) is 0 Å². The SMILES string of the molecule is C=CCn1sc[c]c1=O. The lowest BCUT2D eigenvalue weighted by Gasteiger charge is -1.88. The molecule has 1 aromatic heterocycles. The van der Waals surface area contributed by atoms with Crippen molar-refractivity contribution in [1.82, 2.24) is 3.96 Å². The first-order chi connectivity index (χ1) is 4.34. The van der Waals surface area contributed by atoms with Crippen LogP contribution < -0.4 is 5.56 Å². The second-order valence-corrected chi connectivity index (χ2v) is 2.41. The minimum Gasteiger partial charge on any atom is -0.268 e. The minimum atomic E-state index is -0.0695. The molecule has 0 atom stereocenters. The molecule has 0 saturated carbocycles. The number of nitrogens with zero attached hydrogens (tertiary/aromatic N) is 1. The van der Waals surface area contributed by atoms with Gasteiger partial charge in [0.2, 0.25) is 0 Å². The molecule has 1 aromatic rings. The normalized spacial score (nSPS) is 9.33. The van der Waals surface area contributed by atoms with Crippen LogP contribution in [-0.4, -0.2) is 3.96 Å². The molecule has 0 bridgehead atoms. The molecule has 47 valence electrons. The third-order valence-electron chi connectivity index (χ3n) is 0.884. The molecule has 0 aliphatic heterocycles. The molecule has 0 saturated heterocycles. The molecule has 0 aliphatic carbocycles. The molecule has 1 rings (SSSR count). The van der Waals surface area contributed by atoms with E-state index in [9.17, 15) is 4.79 Å². The van der Waals surface area contributed by atoms with Crippen molar-refractivity contribution >= 4 is 11.5 Å². The zero-order chi connectivity index (χ0) is 6.69. The van der Waals surface area contributed by atoms with E-state index in [1.54, 1.807) is 15.4 Å². The molecule has 0 aliphatic rings. The monoisotopic (exact) mass is 140 g/mol. The Morgan fingerprint density at radius 3 is 3.22 bits per heavy atom. The zero-order valence-electron chi connectivity index (χ0n) is 4.83. The summed E-state index contributed by atoms with van der Waals surface area (Å²) in [6, 6.07) is 2.53. The van der Waals surface area contributed by atoms with Gasteiger partial charge in [0.25, 0.3) is 5.56 Å². The van der Waals surface area contributed by atoms with Gasteiger partial charge in [0.05, 0.1) is 12.6 Å². The van der Waals surface area contributed by atoms with E-state index in [0.717, 1.165) is 0 Å². The molecular formula is C6H6NOS. The van der Waals surface area contributed by atoms with Crippen molar-refractivity contribution in [2.45, 2.75) is 6.54 Å². The predicted octanol–water partition coefficient (Wildman–Crippen LogP) is 0.896. The van der Waals surface area contributed by atoms with Gasteiger partial charge in [0, 0.05) is 5.38 Å². The highest BCUT2D eigenvalue weighted by Gasteiger charge is 1.90. The van der Waals surface area contributed by atoms with Crippen LogP contribution in [-0.2, 0) is 6.54 Å². The van der Waals surface area contributed by atoms with Crippen molar-refractivity contribution in [3.05, 3.63) is 34.5 Å². The standard InChI is InChI=1S/C6H6NOS/c1-2-4-7-6(8)3-5-9-7/h2,5H,1,4H2. The van der Waals surface area contributed by atoms with Gasteiger partial charge in [-0.1, -0.05) is 17.6 Å². The third-order valence-corrected chi connectivity index (χ3v) is 1.68. The maximum Gasteiger partial charge on any atom is 0.269 e. The summed E-state index contributed by atoms with van der Waals surface area (Å²) in [6.45, 7) is 4.10. The van der Waals surface area contributed by atoms with Crippen LogP contribution in [0.5, 0.6) is 0 Å². The fourth-order valence-corrected chi connectivity index (χ4v) is 1.12. The maximum atomic E-state index is 10.7. The molecule has 0 unspecified atom stereocenters. The first kappa shape index (κ1) is 6.29. The van der Waals surface area contributed by atoms with E-state index >= 15 is 0 Å². The summed E-state index contributed by atoms with van der Waals surface area (Å²) in [5.74, 6) is 0. The summed E-state index contributed by atoms with van der Waals surface area (Å²) < 4.78 is 1.58. The average molecular weight is 140 g/mol. The number of aromatic nitrogens is 1. The molecule has 0 aromatic carbocycles. The van der Waals surface area contributed by atoms with Gasteiger partial charge < -0.3 is 0 Å². The quantitative estimate of drug-likeness (QED) is 0.559. The second kappa shape index (κ2) is 2.64. The van der Waals surface area contributed by atoms with Gasteiger partial charge in [0.1, 0.15) is 0 Å². The Kier molecular flexibility index (Phi) is 1.85. The van der Waals surface area contributed by atoms with Crippen molar-refractivity contribution in [2.24, 2.45) is 0 Å². The second-order valence-electron chi connectivity index (χ2n) is 1.52. The highest BCUT2D eigenvalue weighted by molar-refractivity contribution is 7.04. The lowest BCUT2D eigenvalue weighted by atomic mass is 10.6. The summed E-state index contributed by atoms with van der Waals surface area (Å²) in [5.41, 5.74) is -0.0695. The molecule has 2 nitrogen and oxygen atoms in total. The Labute approximate surface area is 57.2 Å². The molecule has 9 heavy (non-hydrogen) atoms. The Morgan fingerprint density at radius 2 is 2.78 bits per heavy atom. The predicted molar refractivity (Wildman–Crippen MR) is 37.6 cm³/mol. The largest absolute Gasteiger partial charge is 0.269 e. The van der Waals surface area contributed by atoms with E-state index in [2.05, 4.69) is 12.6 Å². The van der Waals surface area contributed by atoms with Crippen LogP contribution in [0.2, 0.25) is 0 Å². The van der Waals surface area contributed by atoms with Crippen LogP contribution in [0.15, 0.2) is 22.8 Å². The molecule has 0 spiro atoms. The first-order valence-corrected chi connectivity index (χ1v) is 3.35. The van der Waals surface area contributed by atoms with Crippen LogP contribution in [0.1, 0.15) is 0 Å². The molecule has 1 heterocycles. The van der Waals surface area contributed by atoms with E-state index in [0.29, 0.717) is 6.54 Å². The summed E-state index contributed by atoms with van der Waals surface area (Å²) in [5, 5.41) is 1.64. The first-order valence-electron chi connectivity index (χ1n) is 2.52. The summed E-state index contributed by atoms with van der Waals surface area (Å²) >= 11 is 1.35. The van der Waals surface area contributed by atoms with Crippen molar-refractivity contribution < 1.29 is 0 Å². The lowest BCUT2D eigenvalue weighted by molar-refractivity contribution is 0.877. The van der Waals surface area contributed by atoms with E-state index in [4.69, 9.17) is 0 Å². The molecule has 1 radical (unpaired) electrons. The summed E-state index contributed by atoms with van der Waals surface area (Å²) in [4.78, 5) is 10.7. The van der Waals surface area contributed by atoms with Gasteiger partial charge in [0.15, 0.2) is 0 Å². The van der Waals surface area contributed by atoms with E-state index in [-0.39, 0.29) is 5.56 Å². The van der Waals surface area contributed by atoms with Gasteiger partial charge in [-0.15, -0.1) is 6.58 Å². The molecule has 3 heteroatoms. The minimum absolute atomic E-state index is 0.0695. The Hall–Kier alpha value is -0.830. The molecular weight excluding hydrogens is 134 g/mol. The van der Waals surface area contributed by atoms with Gasteiger partial charge in [-0.05, 0) is 0 Å². The van der Waals surface area contributed by atoms with Gasteiger partial charge in [-0.2, -0.15) is 0 Å². The number of hydrogen-bond acceptors (Lipinski definition) is 2. The van der Waals surface area contributed by atoms with Gasteiger partial charge >= 0.3 is 0 Å². The molecule has 0 N–H and O–H groups in total. The van der Waals surface area contributed by atoms with Gasteiger partial charge in [-0.25, -0.2) is 0 Å². The number of allylic oxidation sites excluding steroid dienone is 1. The topological polar surface area (TPSA) is 22.0 Å². The Morgan fingerprint density at radius 1 is 2.00 bits per heavy atom. The van der Waals surface area contributed by atoms with E-state index in [1.807, 2.05) is 0 Å². The smallest absolute Gasteiger partial charge is 0.268 e. The van der Waals surface area contributed by atoms with Crippen molar-refractivity contribution in [2.75, 3.05) is 0 Å². The van der Waals surface area contributed by atoms with Crippen LogP contribution in [0.3, 0.4) is 0 Å². The summed E-state index contributed by atoms with van der Waals surface area (Å²) in [7, 11) is 0. The zero-order valence-corrected chi connectivity index (χ0v) is 5.65. The van der Waals surface area contributed by atoms with Crippen LogP contribution in [0, 0.1) is 6.07 Å². The highest BCUT2D eigenvalue weighted by Crippen LogP contribution is 1.90. The van der Waals surface area contributed by atoms with E-state index < -0.39 is 0 Å². The molecule has 0 amide bonds. The lowest BCUT2D eigenvalue weighted by Crippen LogP contribution is -2.10. The van der Waals surface area contributed by atoms with Crippen LogP contribution in [0.25, 0.3) is 0 Å². The van der Waals surface area contributed by atoms with Crippen LogP contribution in [0.4, 0.5) is 0 Å².